The Morgan fingerprint density at radius 1 is 0.939 bits per heavy atom. The summed E-state index contributed by atoms with van der Waals surface area (Å²) in [5.41, 5.74) is 4.62. The minimum atomic E-state index is -1.04. The predicted octanol–water partition coefficient (Wildman–Crippen LogP) is 4.31. The molecule has 2 unspecified atom stereocenters. The van der Waals surface area contributed by atoms with Crippen molar-refractivity contribution in [1.82, 2.24) is 10.6 Å². The van der Waals surface area contributed by atoms with Crippen LogP contribution < -0.4 is 10.6 Å². The van der Waals surface area contributed by atoms with E-state index < -0.39 is 18.1 Å². The summed E-state index contributed by atoms with van der Waals surface area (Å²) in [5.74, 6) is -1.25. The van der Waals surface area contributed by atoms with Crippen molar-refractivity contribution in [2.24, 2.45) is 5.92 Å². The molecule has 0 aliphatic heterocycles. The molecule has 2 aromatic carbocycles. The third-order valence-corrected chi connectivity index (χ3v) is 5.85. The third kappa shape index (κ3) is 6.34. The van der Waals surface area contributed by atoms with Crippen LogP contribution in [0.1, 0.15) is 57.1 Å². The molecular formula is C26H32N2O5. The van der Waals surface area contributed by atoms with Crippen LogP contribution in [-0.4, -0.2) is 41.8 Å². The molecule has 3 N–H and O–H groups in total. The number of ether oxygens (including phenoxy) is 1. The first-order chi connectivity index (χ1) is 15.8. The highest BCUT2D eigenvalue weighted by molar-refractivity contribution is 5.83. The molecule has 1 aliphatic carbocycles. The van der Waals surface area contributed by atoms with Gasteiger partial charge < -0.3 is 20.5 Å². The van der Waals surface area contributed by atoms with Gasteiger partial charge in [0.15, 0.2) is 0 Å². The average Bonchev–Trinajstić information content (AvgIpc) is 3.09. The highest BCUT2D eigenvalue weighted by Gasteiger charge is 2.29. The monoisotopic (exact) mass is 452 g/mol. The van der Waals surface area contributed by atoms with Gasteiger partial charge in [-0.05, 0) is 47.9 Å². The number of hydrogen-bond donors (Lipinski definition) is 3. The van der Waals surface area contributed by atoms with Crippen molar-refractivity contribution in [2.75, 3.05) is 6.61 Å². The Hall–Kier alpha value is -3.35. The molecule has 0 bridgehead atoms. The first kappa shape index (κ1) is 24.3. The molecule has 0 radical (unpaired) electrons. The molecule has 3 rings (SSSR count). The second-order valence-electron chi connectivity index (χ2n) is 9.00. The summed E-state index contributed by atoms with van der Waals surface area (Å²) in [7, 11) is 0. The molecule has 2 aromatic rings. The largest absolute Gasteiger partial charge is 0.480 e. The van der Waals surface area contributed by atoms with Gasteiger partial charge in [-0.3, -0.25) is 4.79 Å². The number of hydrogen-bond acceptors (Lipinski definition) is 4. The number of carbonyl (C=O) groups excluding carboxylic acids is 2. The Morgan fingerprint density at radius 2 is 1.52 bits per heavy atom. The lowest BCUT2D eigenvalue weighted by atomic mass is 9.98. The second kappa shape index (κ2) is 11.0. The van der Waals surface area contributed by atoms with Crippen molar-refractivity contribution in [3.63, 3.8) is 0 Å². The molecule has 176 valence electrons. The van der Waals surface area contributed by atoms with Gasteiger partial charge in [-0.25, -0.2) is 9.59 Å². The zero-order valence-corrected chi connectivity index (χ0v) is 19.3. The number of amides is 2. The zero-order chi connectivity index (χ0) is 24.0. The van der Waals surface area contributed by atoms with E-state index in [0.29, 0.717) is 12.8 Å². The highest BCUT2D eigenvalue weighted by atomic mass is 16.5. The van der Waals surface area contributed by atoms with Gasteiger partial charge in [0.2, 0.25) is 5.91 Å². The number of carboxylic acid groups (broad SMARTS) is 1. The van der Waals surface area contributed by atoms with Crippen molar-refractivity contribution in [2.45, 2.75) is 58.0 Å². The van der Waals surface area contributed by atoms with Crippen molar-refractivity contribution in [3.05, 3.63) is 59.7 Å². The molecule has 0 aromatic heterocycles. The Labute approximate surface area is 194 Å². The molecule has 0 saturated heterocycles. The number of alkyl carbamates (subject to hydrolysis) is 1. The molecule has 0 heterocycles. The van der Waals surface area contributed by atoms with Crippen LogP contribution in [-0.2, 0) is 14.3 Å². The fourth-order valence-corrected chi connectivity index (χ4v) is 4.22. The van der Waals surface area contributed by atoms with Gasteiger partial charge in [0, 0.05) is 18.4 Å². The summed E-state index contributed by atoms with van der Waals surface area (Å²) in [4.78, 5) is 35.8. The van der Waals surface area contributed by atoms with Crippen molar-refractivity contribution in [3.8, 4) is 11.1 Å². The lowest BCUT2D eigenvalue weighted by Gasteiger charge is -2.18. The second-order valence-corrected chi connectivity index (χ2v) is 9.00. The van der Waals surface area contributed by atoms with Gasteiger partial charge >= 0.3 is 12.1 Å². The van der Waals surface area contributed by atoms with Crippen LogP contribution in [0.15, 0.2) is 48.5 Å². The van der Waals surface area contributed by atoms with Gasteiger partial charge in [0.1, 0.15) is 12.6 Å². The van der Waals surface area contributed by atoms with Crippen LogP contribution in [0.2, 0.25) is 0 Å². The number of aliphatic carboxylic acids is 1. The van der Waals surface area contributed by atoms with Crippen molar-refractivity contribution in [1.29, 1.82) is 0 Å². The van der Waals surface area contributed by atoms with Crippen LogP contribution in [0, 0.1) is 5.92 Å². The normalized spacial score (nSPS) is 14.2. The van der Waals surface area contributed by atoms with Crippen LogP contribution in [0.5, 0.6) is 0 Å². The van der Waals surface area contributed by atoms with E-state index in [1.807, 2.05) is 38.1 Å². The SMILES string of the molecule is CC(C)CC(NC(=O)CCC(C)NC(=O)OCC1c2ccccc2-c2ccccc21)C(=O)O. The van der Waals surface area contributed by atoms with E-state index in [1.54, 1.807) is 6.92 Å². The topological polar surface area (TPSA) is 105 Å². The average molecular weight is 453 g/mol. The van der Waals surface area contributed by atoms with Crippen LogP contribution in [0.4, 0.5) is 4.79 Å². The number of carboxylic acids is 1. The Kier molecular flexibility index (Phi) is 8.09. The van der Waals surface area contributed by atoms with E-state index >= 15 is 0 Å². The molecule has 1 aliphatic rings. The Bertz CT molecular complexity index is 958. The minimum Gasteiger partial charge on any atom is -0.480 e. The number of rotatable bonds is 10. The zero-order valence-electron chi connectivity index (χ0n) is 19.3. The van der Waals surface area contributed by atoms with Crippen LogP contribution in [0.3, 0.4) is 0 Å². The molecular weight excluding hydrogens is 420 g/mol. The summed E-state index contributed by atoms with van der Waals surface area (Å²) in [6.45, 7) is 5.82. The molecule has 33 heavy (non-hydrogen) atoms. The van der Waals surface area contributed by atoms with Crippen molar-refractivity contribution < 1.29 is 24.2 Å². The van der Waals surface area contributed by atoms with E-state index in [9.17, 15) is 19.5 Å². The molecule has 0 spiro atoms. The van der Waals surface area contributed by atoms with Crippen LogP contribution >= 0.6 is 0 Å². The smallest absolute Gasteiger partial charge is 0.407 e. The molecule has 2 atom stereocenters. The Balaban J connectivity index is 1.47. The van der Waals surface area contributed by atoms with Crippen LogP contribution in [0.25, 0.3) is 11.1 Å². The fraction of sp³-hybridized carbons (Fsp3) is 0.423. The minimum absolute atomic E-state index is 0.0156. The molecule has 0 fully saturated rings. The van der Waals surface area contributed by atoms with E-state index in [-0.39, 0.29) is 36.8 Å². The third-order valence-electron chi connectivity index (χ3n) is 5.85. The fourth-order valence-electron chi connectivity index (χ4n) is 4.22. The maximum Gasteiger partial charge on any atom is 0.407 e. The Morgan fingerprint density at radius 3 is 2.06 bits per heavy atom. The molecule has 0 saturated carbocycles. The highest BCUT2D eigenvalue weighted by Crippen LogP contribution is 2.44. The number of nitrogens with one attached hydrogen (secondary N) is 2. The summed E-state index contributed by atoms with van der Waals surface area (Å²) < 4.78 is 5.53. The standard InChI is InChI=1S/C26H32N2O5/c1-16(2)14-23(25(30)31)28-24(29)13-12-17(3)27-26(32)33-15-22-20-10-6-4-8-18(20)19-9-5-7-11-21(19)22/h4-11,16-17,22-23H,12-15H2,1-3H3,(H,27,32)(H,28,29)(H,30,31). The van der Waals surface area contributed by atoms with Gasteiger partial charge in [0.25, 0.3) is 0 Å². The van der Waals surface area contributed by atoms with E-state index in [2.05, 4.69) is 34.9 Å². The first-order valence-corrected chi connectivity index (χ1v) is 11.4. The first-order valence-electron chi connectivity index (χ1n) is 11.4. The maximum atomic E-state index is 12.4. The molecule has 7 heteroatoms. The van der Waals surface area contributed by atoms with E-state index in [4.69, 9.17) is 4.74 Å². The summed E-state index contributed by atoms with van der Waals surface area (Å²) in [6.07, 6.45) is 0.332. The van der Waals surface area contributed by atoms with Gasteiger partial charge in [0.05, 0.1) is 0 Å². The summed E-state index contributed by atoms with van der Waals surface area (Å²) in [6, 6.07) is 15.1. The number of carbonyl (C=O) groups is 3. The van der Waals surface area contributed by atoms with Crippen molar-refractivity contribution >= 4 is 18.0 Å². The number of fused-ring (bicyclic) bond motifs is 3. The lowest BCUT2D eigenvalue weighted by Crippen LogP contribution is -2.42. The summed E-state index contributed by atoms with van der Waals surface area (Å²) in [5, 5.41) is 14.6. The van der Waals surface area contributed by atoms with E-state index in [1.165, 1.54) is 11.1 Å². The maximum absolute atomic E-state index is 12.4. The molecule has 7 nitrogen and oxygen atoms in total. The van der Waals surface area contributed by atoms with Gasteiger partial charge in [-0.1, -0.05) is 62.4 Å². The summed E-state index contributed by atoms with van der Waals surface area (Å²) >= 11 is 0. The van der Waals surface area contributed by atoms with Gasteiger partial charge in [-0.15, -0.1) is 0 Å². The molecule has 2 amide bonds. The number of benzene rings is 2. The van der Waals surface area contributed by atoms with E-state index in [0.717, 1.165) is 11.1 Å². The predicted molar refractivity (Wildman–Crippen MR) is 126 cm³/mol. The van der Waals surface area contributed by atoms with Gasteiger partial charge in [-0.2, -0.15) is 0 Å². The lowest BCUT2D eigenvalue weighted by molar-refractivity contribution is -0.142. The quantitative estimate of drug-likeness (QED) is 0.498.